The Morgan fingerprint density at radius 1 is 1.12 bits per heavy atom. The minimum atomic E-state index is -0.481. The van der Waals surface area contributed by atoms with E-state index in [0.717, 1.165) is 15.7 Å². The lowest BCUT2D eigenvalue weighted by atomic mass is 10.1. The minimum Gasteiger partial charge on any atom is -0.325 e. The second kappa shape index (κ2) is 6.77. The molecule has 1 aliphatic heterocycles. The van der Waals surface area contributed by atoms with Crippen molar-refractivity contribution >= 4 is 33.4 Å². The smallest absolute Gasteiger partial charge is 0.254 e. The number of hydrogen-bond acceptors (Lipinski definition) is 2. The van der Waals surface area contributed by atoms with Crippen LogP contribution in [0.15, 0.2) is 53.0 Å². The van der Waals surface area contributed by atoms with Gasteiger partial charge in [-0.3, -0.25) is 9.59 Å². The maximum atomic E-state index is 12.8. The van der Waals surface area contributed by atoms with Gasteiger partial charge in [-0.05, 0) is 49.7 Å². The van der Waals surface area contributed by atoms with Crippen LogP contribution in [0.4, 0.5) is 5.69 Å². The van der Waals surface area contributed by atoms with Crippen molar-refractivity contribution < 1.29 is 9.59 Å². The molecule has 5 heteroatoms. The molecule has 0 aliphatic carbocycles. The predicted octanol–water partition coefficient (Wildman–Crippen LogP) is 3.64. The van der Waals surface area contributed by atoms with Crippen molar-refractivity contribution in [2.24, 2.45) is 0 Å². The van der Waals surface area contributed by atoms with Crippen LogP contribution in [0.3, 0.4) is 0 Å². The number of anilines is 1. The molecule has 3 rings (SSSR count). The Labute approximate surface area is 150 Å². The molecule has 1 aliphatic rings. The largest absolute Gasteiger partial charge is 0.325 e. The number of hydrogen-bond donors (Lipinski definition) is 0. The maximum Gasteiger partial charge on any atom is 0.254 e. The summed E-state index contributed by atoms with van der Waals surface area (Å²) in [6.07, 6.45) is 0. The number of amides is 2. The van der Waals surface area contributed by atoms with Gasteiger partial charge >= 0.3 is 0 Å². The standard InChI is InChI=1S/C19H19BrN2O2/c1-13-5-3-8-17(11-13)22-10-9-21(14(2)18(22)23)19(24)15-6-4-7-16(20)12-15/h3-8,11-12,14H,9-10H2,1-2H3. The zero-order valence-electron chi connectivity index (χ0n) is 13.7. The molecule has 0 aromatic heterocycles. The quantitative estimate of drug-likeness (QED) is 0.790. The van der Waals surface area contributed by atoms with E-state index in [-0.39, 0.29) is 11.8 Å². The zero-order valence-corrected chi connectivity index (χ0v) is 15.3. The molecule has 2 amide bonds. The van der Waals surface area contributed by atoms with E-state index in [9.17, 15) is 9.59 Å². The van der Waals surface area contributed by atoms with Gasteiger partial charge in [0.05, 0.1) is 0 Å². The number of halogens is 1. The van der Waals surface area contributed by atoms with Gasteiger partial charge < -0.3 is 9.80 Å². The van der Waals surface area contributed by atoms with Gasteiger partial charge in [0.25, 0.3) is 5.91 Å². The summed E-state index contributed by atoms with van der Waals surface area (Å²) in [5.74, 6) is -0.156. The SMILES string of the molecule is Cc1cccc(N2CCN(C(=O)c3cccc(Br)c3)C(C)C2=O)c1. The number of carbonyl (C=O) groups excluding carboxylic acids is 2. The number of carbonyl (C=O) groups is 2. The van der Waals surface area contributed by atoms with E-state index in [0.29, 0.717) is 18.7 Å². The van der Waals surface area contributed by atoms with Crippen molar-refractivity contribution in [2.45, 2.75) is 19.9 Å². The first-order valence-corrected chi connectivity index (χ1v) is 8.71. The van der Waals surface area contributed by atoms with E-state index >= 15 is 0 Å². The number of piperazine rings is 1. The summed E-state index contributed by atoms with van der Waals surface area (Å²) in [7, 11) is 0. The van der Waals surface area contributed by atoms with Crippen LogP contribution in [0.2, 0.25) is 0 Å². The number of aryl methyl sites for hydroxylation is 1. The highest BCUT2D eigenvalue weighted by Gasteiger charge is 2.35. The molecule has 0 spiro atoms. The van der Waals surface area contributed by atoms with Crippen molar-refractivity contribution in [2.75, 3.05) is 18.0 Å². The second-order valence-corrected chi connectivity index (χ2v) is 6.93. The Kier molecular flexibility index (Phi) is 4.71. The lowest BCUT2D eigenvalue weighted by Crippen LogP contribution is -2.57. The van der Waals surface area contributed by atoms with Gasteiger partial charge in [0.2, 0.25) is 5.91 Å². The van der Waals surface area contributed by atoms with E-state index in [1.54, 1.807) is 28.9 Å². The van der Waals surface area contributed by atoms with Gasteiger partial charge in [0.1, 0.15) is 6.04 Å². The molecule has 0 N–H and O–H groups in total. The molecule has 24 heavy (non-hydrogen) atoms. The Bertz CT molecular complexity index is 790. The first-order valence-electron chi connectivity index (χ1n) is 7.92. The fourth-order valence-electron chi connectivity index (χ4n) is 2.99. The predicted molar refractivity (Wildman–Crippen MR) is 98.2 cm³/mol. The van der Waals surface area contributed by atoms with E-state index in [1.165, 1.54) is 0 Å². The molecule has 2 aromatic rings. The molecule has 2 aromatic carbocycles. The monoisotopic (exact) mass is 386 g/mol. The van der Waals surface area contributed by atoms with Gasteiger partial charge in [-0.2, -0.15) is 0 Å². The molecule has 1 heterocycles. The van der Waals surface area contributed by atoms with E-state index < -0.39 is 6.04 Å². The van der Waals surface area contributed by atoms with Crippen molar-refractivity contribution in [1.82, 2.24) is 4.90 Å². The fourth-order valence-corrected chi connectivity index (χ4v) is 3.39. The van der Waals surface area contributed by atoms with Crippen molar-refractivity contribution in [3.63, 3.8) is 0 Å². The minimum absolute atomic E-state index is 0.0461. The second-order valence-electron chi connectivity index (χ2n) is 6.01. The van der Waals surface area contributed by atoms with Crippen LogP contribution >= 0.6 is 15.9 Å². The summed E-state index contributed by atoms with van der Waals surface area (Å²) >= 11 is 3.38. The van der Waals surface area contributed by atoms with Gasteiger partial charge in [0.15, 0.2) is 0 Å². The van der Waals surface area contributed by atoms with Crippen LogP contribution in [0.25, 0.3) is 0 Å². The van der Waals surface area contributed by atoms with Crippen molar-refractivity contribution in [1.29, 1.82) is 0 Å². The Morgan fingerprint density at radius 3 is 2.58 bits per heavy atom. The molecule has 0 saturated carbocycles. The summed E-state index contributed by atoms with van der Waals surface area (Å²) in [4.78, 5) is 28.9. The topological polar surface area (TPSA) is 40.6 Å². The molecule has 124 valence electrons. The lowest BCUT2D eigenvalue weighted by Gasteiger charge is -2.39. The number of benzene rings is 2. The molecule has 1 atom stereocenters. The van der Waals surface area contributed by atoms with E-state index in [1.807, 2.05) is 43.3 Å². The van der Waals surface area contributed by atoms with Crippen molar-refractivity contribution in [3.8, 4) is 0 Å². The first kappa shape index (κ1) is 16.7. The van der Waals surface area contributed by atoms with E-state index in [4.69, 9.17) is 0 Å². The van der Waals surface area contributed by atoms with Gasteiger partial charge in [0, 0.05) is 28.8 Å². The van der Waals surface area contributed by atoms with Crippen LogP contribution in [-0.2, 0) is 4.79 Å². The first-order chi connectivity index (χ1) is 11.5. The summed E-state index contributed by atoms with van der Waals surface area (Å²) in [6.45, 7) is 4.82. The average Bonchev–Trinajstić information content (AvgIpc) is 2.56. The molecule has 1 fully saturated rings. The van der Waals surface area contributed by atoms with Crippen LogP contribution in [-0.4, -0.2) is 35.8 Å². The van der Waals surface area contributed by atoms with Gasteiger partial charge in [-0.25, -0.2) is 0 Å². The lowest BCUT2D eigenvalue weighted by molar-refractivity contribution is -0.124. The van der Waals surface area contributed by atoms with Crippen LogP contribution in [0, 0.1) is 6.92 Å². The molecule has 4 nitrogen and oxygen atoms in total. The highest BCUT2D eigenvalue weighted by atomic mass is 79.9. The number of nitrogens with zero attached hydrogens (tertiary/aromatic N) is 2. The number of rotatable bonds is 2. The fraction of sp³-hybridized carbons (Fsp3) is 0.263. The Hall–Kier alpha value is -2.14. The van der Waals surface area contributed by atoms with Crippen molar-refractivity contribution in [3.05, 3.63) is 64.1 Å². The Balaban J connectivity index is 1.81. The van der Waals surface area contributed by atoms with Crippen LogP contribution in [0.5, 0.6) is 0 Å². The van der Waals surface area contributed by atoms with E-state index in [2.05, 4.69) is 15.9 Å². The summed E-state index contributed by atoms with van der Waals surface area (Å²) in [5.41, 5.74) is 2.59. The Morgan fingerprint density at radius 2 is 1.88 bits per heavy atom. The normalized spacial score (nSPS) is 18.0. The van der Waals surface area contributed by atoms with Crippen LogP contribution in [0.1, 0.15) is 22.8 Å². The molecular formula is C19H19BrN2O2. The molecule has 0 bridgehead atoms. The molecule has 0 radical (unpaired) electrons. The van der Waals surface area contributed by atoms with Crippen LogP contribution < -0.4 is 4.90 Å². The van der Waals surface area contributed by atoms with Gasteiger partial charge in [-0.1, -0.05) is 34.1 Å². The average molecular weight is 387 g/mol. The molecule has 1 saturated heterocycles. The third kappa shape index (κ3) is 3.22. The summed E-state index contributed by atoms with van der Waals surface area (Å²) in [5, 5.41) is 0. The zero-order chi connectivity index (χ0) is 17.3. The van der Waals surface area contributed by atoms with Gasteiger partial charge in [-0.15, -0.1) is 0 Å². The molecule has 1 unspecified atom stereocenters. The summed E-state index contributed by atoms with van der Waals surface area (Å²) in [6, 6.07) is 14.7. The molecular weight excluding hydrogens is 368 g/mol. The summed E-state index contributed by atoms with van der Waals surface area (Å²) < 4.78 is 0.853. The third-order valence-corrected chi connectivity index (χ3v) is 4.79. The highest BCUT2D eigenvalue weighted by Crippen LogP contribution is 2.23. The third-order valence-electron chi connectivity index (χ3n) is 4.30. The highest BCUT2D eigenvalue weighted by molar-refractivity contribution is 9.10. The maximum absolute atomic E-state index is 12.8.